The number of halogens is 1. The molecule has 1 aromatic rings. The maximum absolute atomic E-state index is 11.1. The van der Waals surface area contributed by atoms with Crippen LogP contribution >= 0.6 is 11.6 Å². The molecule has 0 bridgehead atoms. The van der Waals surface area contributed by atoms with E-state index in [9.17, 15) is 4.79 Å². The summed E-state index contributed by atoms with van der Waals surface area (Å²) in [5, 5.41) is 9.86. The fraction of sp³-hybridized carbons (Fsp3) is 0.462. The Bertz CT molecular complexity index is 404. The maximum Gasteiger partial charge on any atom is 0.320 e. The Morgan fingerprint density at radius 2 is 2.00 bits per heavy atom. The molecule has 1 aromatic carbocycles. The standard InChI is InChI=1S/C13H16ClNO2/c1-15-11(3-2-4-12(15)13(16)17)9-5-7-10(14)8-6-9/h5-8,11-12H,2-4H2,1H3,(H,16,17)/t11-,12+/m0/s1. The van der Waals surface area contributed by atoms with Crippen LogP contribution < -0.4 is 0 Å². The Morgan fingerprint density at radius 3 is 2.59 bits per heavy atom. The fourth-order valence-corrected chi connectivity index (χ4v) is 2.64. The van der Waals surface area contributed by atoms with E-state index in [0.29, 0.717) is 5.02 Å². The van der Waals surface area contributed by atoms with Gasteiger partial charge in [-0.25, -0.2) is 0 Å². The number of piperidine rings is 1. The van der Waals surface area contributed by atoms with Gasteiger partial charge in [0.1, 0.15) is 6.04 Å². The predicted octanol–water partition coefficient (Wildman–Crippen LogP) is 2.95. The Kier molecular flexibility index (Phi) is 3.69. The third-order valence-electron chi connectivity index (χ3n) is 3.48. The molecule has 92 valence electrons. The minimum absolute atomic E-state index is 0.183. The molecule has 1 saturated heterocycles. The van der Waals surface area contributed by atoms with Crippen LogP contribution in [0.2, 0.25) is 5.02 Å². The summed E-state index contributed by atoms with van der Waals surface area (Å²) >= 11 is 5.86. The second kappa shape index (κ2) is 5.07. The second-order valence-corrected chi connectivity index (χ2v) is 4.95. The molecule has 0 unspecified atom stereocenters. The maximum atomic E-state index is 11.1. The molecular formula is C13H16ClNO2. The largest absolute Gasteiger partial charge is 0.480 e. The number of benzene rings is 1. The number of aliphatic carboxylic acids is 1. The van der Waals surface area contributed by atoms with E-state index in [4.69, 9.17) is 16.7 Å². The van der Waals surface area contributed by atoms with Gasteiger partial charge in [0.15, 0.2) is 0 Å². The van der Waals surface area contributed by atoms with Crippen LogP contribution in [-0.2, 0) is 4.79 Å². The van der Waals surface area contributed by atoms with Gasteiger partial charge in [-0.05, 0) is 44.0 Å². The number of carboxylic acids is 1. The van der Waals surface area contributed by atoms with Crippen LogP contribution in [0.5, 0.6) is 0 Å². The highest BCUT2D eigenvalue weighted by Gasteiger charge is 2.32. The van der Waals surface area contributed by atoms with E-state index in [-0.39, 0.29) is 12.1 Å². The van der Waals surface area contributed by atoms with Crippen molar-refractivity contribution in [1.29, 1.82) is 0 Å². The van der Waals surface area contributed by atoms with Crippen LogP contribution in [-0.4, -0.2) is 29.1 Å². The molecule has 1 fully saturated rings. The fourth-order valence-electron chi connectivity index (χ4n) is 2.51. The molecule has 0 radical (unpaired) electrons. The van der Waals surface area contributed by atoms with Gasteiger partial charge >= 0.3 is 5.97 Å². The predicted molar refractivity (Wildman–Crippen MR) is 67.2 cm³/mol. The Balaban J connectivity index is 2.20. The number of rotatable bonds is 2. The van der Waals surface area contributed by atoms with Gasteiger partial charge in [0, 0.05) is 11.1 Å². The van der Waals surface area contributed by atoms with Crippen LogP contribution in [0.1, 0.15) is 30.9 Å². The summed E-state index contributed by atoms with van der Waals surface area (Å²) in [6, 6.07) is 7.48. The Labute approximate surface area is 106 Å². The van der Waals surface area contributed by atoms with E-state index < -0.39 is 5.97 Å². The molecule has 1 heterocycles. The van der Waals surface area contributed by atoms with Crippen LogP contribution in [0.4, 0.5) is 0 Å². The number of carbonyl (C=O) groups is 1. The summed E-state index contributed by atoms with van der Waals surface area (Å²) in [5.41, 5.74) is 1.14. The van der Waals surface area contributed by atoms with Crippen molar-refractivity contribution >= 4 is 17.6 Å². The molecule has 0 amide bonds. The molecule has 17 heavy (non-hydrogen) atoms. The highest BCUT2D eigenvalue weighted by molar-refractivity contribution is 6.30. The van der Waals surface area contributed by atoms with Crippen LogP contribution in [0.15, 0.2) is 24.3 Å². The van der Waals surface area contributed by atoms with E-state index in [2.05, 4.69) is 0 Å². The van der Waals surface area contributed by atoms with Crippen molar-refractivity contribution in [3.8, 4) is 0 Å². The topological polar surface area (TPSA) is 40.5 Å². The first-order valence-corrected chi connectivity index (χ1v) is 6.17. The molecule has 0 aromatic heterocycles. The number of likely N-dealkylation sites (tertiary alicyclic amines) is 1. The average Bonchev–Trinajstić information content (AvgIpc) is 2.30. The number of carboxylic acid groups (broad SMARTS) is 1. The van der Waals surface area contributed by atoms with Gasteiger partial charge in [0.25, 0.3) is 0 Å². The zero-order valence-corrected chi connectivity index (χ0v) is 10.5. The molecule has 2 atom stereocenters. The Morgan fingerprint density at radius 1 is 1.35 bits per heavy atom. The third kappa shape index (κ3) is 2.61. The van der Waals surface area contributed by atoms with Gasteiger partial charge in [-0.2, -0.15) is 0 Å². The van der Waals surface area contributed by atoms with Crippen LogP contribution in [0.3, 0.4) is 0 Å². The molecule has 2 rings (SSSR count). The third-order valence-corrected chi connectivity index (χ3v) is 3.73. The minimum atomic E-state index is -0.730. The lowest BCUT2D eigenvalue weighted by Gasteiger charge is -2.37. The van der Waals surface area contributed by atoms with Gasteiger partial charge in [-0.1, -0.05) is 23.7 Å². The second-order valence-electron chi connectivity index (χ2n) is 4.52. The van der Waals surface area contributed by atoms with Crippen molar-refractivity contribution in [3.63, 3.8) is 0 Å². The van der Waals surface area contributed by atoms with Crippen molar-refractivity contribution in [2.45, 2.75) is 31.3 Å². The van der Waals surface area contributed by atoms with Crippen molar-refractivity contribution in [3.05, 3.63) is 34.9 Å². The quantitative estimate of drug-likeness (QED) is 0.881. The van der Waals surface area contributed by atoms with Crippen molar-refractivity contribution in [1.82, 2.24) is 4.90 Å². The average molecular weight is 254 g/mol. The zero-order valence-electron chi connectivity index (χ0n) is 9.77. The van der Waals surface area contributed by atoms with Gasteiger partial charge < -0.3 is 5.11 Å². The first kappa shape index (κ1) is 12.4. The lowest BCUT2D eigenvalue weighted by molar-refractivity contribution is -0.145. The molecule has 0 aliphatic carbocycles. The highest BCUT2D eigenvalue weighted by Crippen LogP contribution is 2.33. The van der Waals surface area contributed by atoms with E-state index in [0.717, 1.165) is 24.8 Å². The van der Waals surface area contributed by atoms with Crippen LogP contribution in [0, 0.1) is 0 Å². The molecule has 0 saturated carbocycles. The monoisotopic (exact) mass is 253 g/mol. The first-order chi connectivity index (χ1) is 8.09. The molecule has 0 spiro atoms. The van der Waals surface area contributed by atoms with Gasteiger partial charge in [0.05, 0.1) is 0 Å². The van der Waals surface area contributed by atoms with Crippen molar-refractivity contribution in [2.24, 2.45) is 0 Å². The lowest BCUT2D eigenvalue weighted by atomic mass is 9.91. The summed E-state index contributed by atoms with van der Waals surface area (Å²) in [6.07, 6.45) is 2.69. The lowest BCUT2D eigenvalue weighted by Crippen LogP contribution is -2.43. The van der Waals surface area contributed by atoms with Gasteiger partial charge in [0.2, 0.25) is 0 Å². The number of likely N-dealkylation sites (N-methyl/N-ethyl adjacent to an activating group) is 1. The Hall–Kier alpha value is -1.06. The van der Waals surface area contributed by atoms with E-state index in [1.807, 2.05) is 36.2 Å². The molecule has 3 nitrogen and oxygen atoms in total. The SMILES string of the molecule is CN1[C@@H](C(=O)O)CCC[C@H]1c1ccc(Cl)cc1. The first-order valence-electron chi connectivity index (χ1n) is 5.80. The van der Waals surface area contributed by atoms with Gasteiger partial charge in [-0.3, -0.25) is 9.69 Å². The summed E-state index contributed by atoms with van der Waals surface area (Å²) in [4.78, 5) is 13.1. The number of hydrogen-bond donors (Lipinski definition) is 1. The molecule has 1 aliphatic rings. The molecular weight excluding hydrogens is 238 g/mol. The molecule has 1 aliphatic heterocycles. The normalized spacial score (nSPS) is 25.8. The number of nitrogens with zero attached hydrogens (tertiary/aromatic N) is 1. The summed E-state index contributed by atoms with van der Waals surface area (Å²) in [7, 11) is 1.89. The number of hydrogen-bond acceptors (Lipinski definition) is 2. The molecule has 1 N–H and O–H groups in total. The zero-order chi connectivity index (χ0) is 12.4. The summed E-state index contributed by atoms with van der Waals surface area (Å²) < 4.78 is 0. The highest BCUT2D eigenvalue weighted by atomic mass is 35.5. The summed E-state index contributed by atoms with van der Waals surface area (Å²) in [6.45, 7) is 0. The smallest absolute Gasteiger partial charge is 0.320 e. The van der Waals surface area contributed by atoms with Crippen LogP contribution in [0.25, 0.3) is 0 Å². The van der Waals surface area contributed by atoms with E-state index in [1.54, 1.807) is 0 Å². The van der Waals surface area contributed by atoms with Gasteiger partial charge in [-0.15, -0.1) is 0 Å². The van der Waals surface area contributed by atoms with Crippen molar-refractivity contribution in [2.75, 3.05) is 7.05 Å². The minimum Gasteiger partial charge on any atom is -0.480 e. The van der Waals surface area contributed by atoms with E-state index in [1.165, 1.54) is 0 Å². The molecule has 4 heteroatoms. The van der Waals surface area contributed by atoms with Crippen molar-refractivity contribution < 1.29 is 9.90 Å². The summed E-state index contributed by atoms with van der Waals surface area (Å²) in [5.74, 6) is -0.730. The van der Waals surface area contributed by atoms with E-state index >= 15 is 0 Å².